The molecule has 0 fully saturated rings. The van der Waals surface area contributed by atoms with Crippen molar-refractivity contribution in [1.82, 2.24) is 14.1 Å². The van der Waals surface area contributed by atoms with Crippen LogP contribution in [0.5, 0.6) is 11.5 Å². The van der Waals surface area contributed by atoms with Crippen LogP contribution in [0.3, 0.4) is 0 Å². The number of benzene rings is 7. The Labute approximate surface area is 383 Å². The first-order valence-corrected chi connectivity index (χ1v) is 21.3. The Morgan fingerprint density at radius 3 is 1.84 bits per heavy atom. The number of nitrogens with zero attached hydrogens (tertiary/aromatic N) is 5. The molecule has 0 saturated heterocycles. The number of aromatic nitrogens is 3. The minimum atomic E-state index is -0.166. The van der Waals surface area contributed by atoms with Crippen molar-refractivity contribution in [2.75, 3.05) is 9.80 Å². The molecule has 0 amide bonds. The Morgan fingerprint density at radius 1 is 0.492 bits per heavy atom. The van der Waals surface area contributed by atoms with Gasteiger partial charge in [-0.15, -0.1) is 53.6 Å². The van der Waals surface area contributed by atoms with Crippen LogP contribution in [-0.2, 0) is 31.9 Å². The van der Waals surface area contributed by atoms with Crippen LogP contribution in [0.2, 0.25) is 0 Å². The summed E-state index contributed by atoms with van der Waals surface area (Å²) in [6.45, 7) is 15.6. The molecule has 0 bridgehead atoms. The summed E-state index contributed by atoms with van der Waals surface area (Å²) in [6.07, 6.45) is 1.91. The second-order valence-electron chi connectivity index (χ2n) is 18.3. The summed E-state index contributed by atoms with van der Waals surface area (Å²) in [5.74, 6) is 2.09. The van der Waals surface area contributed by atoms with Crippen LogP contribution in [0.15, 0.2) is 164 Å². The first-order chi connectivity index (χ1) is 30.0. The number of pyridine rings is 1. The van der Waals surface area contributed by atoms with Gasteiger partial charge in [0.05, 0.1) is 11.0 Å². The monoisotopic (exact) mass is 999 g/mol. The first-order valence-electron chi connectivity index (χ1n) is 21.3. The zero-order chi connectivity index (χ0) is 42.3. The zero-order valence-electron chi connectivity index (χ0n) is 36.1. The summed E-state index contributed by atoms with van der Waals surface area (Å²) < 4.78 is 11.4. The van der Waals surface area contributed by atoms with Crippen molar-refractivity contribution < 1.29 is 25.8 Å². The maximum absolute atomic E-state index is 6.82. The average Bonchev–Trinajstić information content (AvgIpc) is 3.94. The fourth-order valence-electron chi connectivity index (χ4n) is 8.92. The van der Waals surface area contributed by atoms with Gasteiger partial charge in [-0.2, -0.15) is 6.07 Å². The number of hydrogen-bond donors (Lipinski definition) is 0. The van der Waals surface area contributed by atoms with Crippen LogP contribution in [0, 0.1) is 18.8 Å². The van der Waals surface area contributed by atoms with Gasteiger partial charge in [0.2, 0.25) is 0 Å². The molecule has 0 N–H and O–H groups in total. The Morgan fingerprint density at radius 2 is 1.11 bits per heavy atom. The molecule has 11 rings (SSSR count). The second-order valence-corrected chi connectivity index (χ2v) is 18.3. The smallest absolute Gasteiger partial charge is 0.135 e. The van der Waals surface area contributed by atoms with Gasteiger partial charge in [-0.05, 0) is 82.4 Å². The molecular formula is C56H46N5OPt-3. The normalized spacial score (nSPS) is 13.0. The van der Waals surface area contributed by atoms with E-state index >= 15 is 0 Å². The van der Waals surface area contributed by atoms with Gasteiger partial charge in [0.1, 0.15) is 5.82 Å². The molecule has 0 radical (unpaired) electrons. The largest absolute Gasteiger partial charge is 0.509 e. The minimum Gasteiger partial charge on any atom is -0.509 e. The van der Waals surface area contributed by atoms with Crippen molar-refractivity contribution in [2.45, 2.75) is 52.4 Å². The number of fused-ring (bicyclic) bond motifs is 7. The Bertz CT molecular complexity index is 3350. The number of para-hydroxylation sites is 5. The summed E-state index contributed by atoms with van der Waals surface area (Å²) in [5.41, 5.74) is 11.7. The van der Waals surface area contributed by atoms with Crippen LogP contribution < -0.4 is 14.5 Å². The maximum Gasteiger partial charge on any atom is 0.135 e. The van der Waals surface area contributed by atoms with Gasteiger partial charge in [-0.3, -0.25) is 0 Å². The fraction of sp³-hybridized carbons (Fsp3) is 0.143. The third-order valence-electron chi connectivity index (χ3n) is 12.2. The van der Waals surface area contributed by atoms with Crippen LogP contribution in [0.1, 0.15) is 52.7 Å². The molecule has 4 heterocycles. The van der Waals surface area contributed by atoms with E-state index in [2.05, 4.69) is 231 Å². The molecule has 7 heteroatoms. The van der Waals surface area contributed by atoms with Gasteiger partial charge in [0, 0.05) is 77.8 Å². The van der Waals surface area contributed by atoms with Gasteiger partial charge in [0.25, 0.3) is 0 Å². The van der Waals surface area contributed by atoms with Crippen LogP contribution in [0.4, 0.5) is 22.7 Å². The zero-order valence-corrected chi connectivity index (χ0v) is 38.4. The SMILES string of the molecule is CC(C)(C)c1cc(Oc2[c-]c3c(cc2)c2ccccc2n3-c2cc(C(C)(C)C)ccn2)[c-]c(N2[CH-]N(c3ccc4c5ccccc5n(-c5ccccc5)c4c3)c3ccccc32)c1.[Pt]. The van der Waals surface area contributed by atoms with Crippen molar-refractivity contribution in [2.24, 2.45) is 0 Å². The Hall–Kier alpha value is -6.62. The molecule has 1 aliphatic heterocycles. The van der Waals surface area contributed by atoms with Gasteiger partial charge in [0.15, 0.2) is 0 Å². The molecule has 0 spiro atoms. The summed E-state index contributed by atoms with van der Waals surface area (Å²) >= 11 is 0. The van der Waals surface area contributed by atoms with Crippen molar-refractivity contribution in [3.63, 3.8) is 0 Å². The third-order valence-corrected chi connectivity index (χ3v) is 12.2. The number of hydrogen-bond acceptors (Lipinski definition) is 4. The van der Waals surface area contributed by atoms with Crippen molar-refractivity contribution in [3.8, 4) is 23.0 Å². The van der Waals surface area contributed by atoms with Gasteiger partial charge in [-0.1, -0.05) is 120 Å². The number of ether oxygens (including phenoxy) is 1. The summed E-state index contributed by atoms with van der Waals surface area (Å²) in [6, 6.07) is 63.2. The molecule has 0 unspecified atom stereocenters. The Kier molecular flexibility index (Phi) is 9.84. The predicted molar refractivity (Wildman–Crippen MR) is 256 cm³/mol. The summed E-state index contributed by atoms with van der Waals surface area (Å²) in [7, 11) is 0. The van der Waals surface area contributed by atoms with E-state index in [0.29, 0.717) is 11.5 Å². The third kappa shape index (κ3) is 6.98. The quantitative estimate of drug-likeness (QED) is 0.156. The van der Waals surface area contributed by atoms with E-state index in [1.165, 1.54) is 21.9 Å². The molecule has 0 atom stereocenters. The summed E-state index contributed by atoms with van der Waals surface area (Å²) in [4.78, 5) is 9.38. The predicted octanol–water partition coefficient (Wildman–Crippen LogP) is 14.7. The molecule has 0 aliphatic carbocycles. The standard InChI is InChI=1S/C56H46N5O.Pt/c1-55(2,3)37-28-29-57-54(32-37)61-49-21-13-11-19-45(49)47-27-25-42(35-53(47)61)62-43-31-38(56(4,5)6)30-41(33-43)59-36-58(50-22-14-15-23-51(50)59)40-24-26-46-44-18-10-12-20-48(44)60(52(46)34-40)39-16-8-7-9-17-39;/h7-32,34,36H,1-6H3;/q-3;. The molecule has 0 saturated carbocycles. The molecule has 63 heavy (non-hydrogen) atoms. The second kappa shape index (κ2) is 15.3. The van der Waals surface area contributed by atoms with Crippen molar-refractivity contribution >= 4 is 66.4 Å². The van der Waals surface area contributed by atoms with E-state index in [1.807, 2.05) is 12.3 Å². The van der Waals surface area contributed by atoms with Gasteiger partial charge in [-0.25, -0.2) is 4.98 Å². The van der Waals surface area contributed by atoms with Crippen molar-refractivity contribution in [3.05, 3.63) is 194 Å². The van der Waals surface area contributed by atoms with Crippen molar-refractivity contribution in [1.29, 1.82) is 0 Å². The molecule has 314 valence electrons. The van der Waals surface area contributed by atoms with E-state index in [9.17, 15) is 0 Å². The van der Waals surface area contributed by atoms with Gasteiger partial charge < -0.3 is 23.7 Å². The van der Waals surface area contributed by atoms with E-state index < -0.39 is 0 Å². The Balaban J connectivity index is 0.00000471. The van der Waals surface area contributed by atoms with E-state index in [0.717, 1.165) is 67.1 Å². The average molecular weight is 1000 g/mol. The number of anilines is 4. The van der Waals surface area contributed by atoms with Gasteiger partial charge >= 0.3 is 0 Å². The van der Waals surface area contributed by atoms with Crippen LogP contribution >= 0.6 is 0 Å². The molecule has 6 nitrogen and oxygen atoms in total. The maximum atomic E-state index is 6.82. The topological polar surface area (TPSA) is 38.5 Å². The molecular weight excluding hydrogens is 954 g/mol. The van der Waals surface area contributed by atoms with E-state index in [4.69, 9.17) is 9.72 Å². The van der Waals surface area contributed by atoms with E-state index in [1.54, 1.807) is 0 Å². The fourth-order valence-corrected chi connectivity index (χ4v) is 8.92. The molecule has 10 aromatic rings. The molecule has 7 aromatic carbocycles. The van der Waals surface area contributed by atoms with E-state index in [-0.39, 0.29) is 31.9 Å². The van der Waals surface area contributed by atoms with Crippen LogP contribution in [-0.4, -0.2) is 14.1 Å². The molecule has 3 aromatic heterocycles. The first kappa shape index (κ1) is 40.5. The minimum absolute atomic E-state index is 0. The molecule has 1 aliphatic rings. The summed E-state index contributed by atoms with van der Waals surface area (Å²) in [5, 5.41) is 4.69. The van der Waals surface area contributed by atoms with Crippen LogP contribution in [0.25, 0.3) is 55.1 Å². The number of rotatable bonds is 6.